The molecule has 0 fully saturated rings. The average Bonchev–Trinajstić information content (AvgIpc) is 2.84. The van der Waals surface area contributed by atoms with Crippen LogP contribution < -0.4 is 14.4 Å². The molecule has 0 aliphatic rings. The van der Waals surface area contributed by atoms with Gasteiger partial charge < -0.3 is 14.8 Å². The molecule has 1 N–H and O–H groups in total. The third-order valence-corrected chi connectivity index (χ3v) is 7.04. The Labute approximate surface area is 205 Å². The number of carbonyl (C=O) groups is 2. The molecule has 0 bridgehead atoms. The minimum absolute atomic E-state index is 0.0636. The smallest absolute Gasteiger partial charge is 0.338 e. The molecule has 8 nitrogen and oxygen atoms in total. The van der Waals surface area contributed by atoms with E-state index in [1.54, 1.807) is 68.4 Å². The molecule has 0 spiro atoms. The molecule has 0 aliphatic carbocycles. The van der Waals surface area contributed by atoms with Crippen LogP contribution >= 0.6 is 0 Å². The Morgan fingerprint density at radius 3 is 2.31 bits per heavy atom. The predicted octanol–water partition coefficient (Wildman–Crippen LogP) is 4.32. The number of aryl methyl sites for hydroxylation is 2. The molecule has 1 amide bonds. The van der Waals surface area contributed by atoms with E-state index in [1.807, 2.05) is 6.92 Å². The summed E-state index contributed by atoms with van der Waals surface area (Å²) in [5, 5.41) is 2.74. The molecule has 0 radical (unpaired) electrons. The van der Waals surface area contributed by atoms with Gasteiger partial charge in [-0.05, 0) is 68.8 Å². The highest BCUT2D eigenvalue weighted by atomic mass is 32.2. The summed E-state index contributed by atoms with van der Waals surface area (Å²) in [5.74, 6) is -0.547. The maximum Gasteiger partial charge on any atom is 0.338 e. The first-order chi connectivity index (χ1) is 16.6. The first kappa shape index (κ1) is 25.8. The van der Waals surface area contributed by atoms with Crippen LogP contribution in [0.25, 0.3) is 0 Å². The zero-order chi connectivity index (χ0) is 25.6. The van der Waals surface area contributed by atoms with Gasteiger partial charge >= 0.3 is 5.97 Å². The maximum absolute atomic E-state index is 13.5. The summed E-state index contributed by atoms with van der Waals surface area (Å²) < 4.78 is 38.4. The first-order valence-corrected chi connectivity index (χ1v) is 12.4. The number of anilines is 2. The van der Waals surface area contributed by atoms with E-state index in [4.69, 9.17) is 9.47 Å². The van der Waals surface area contributed by atoms with Crippen LogP contribution in [0, 0.1) is 13.8 Å². The molecule has 0 saturated carbocycles. The number of rotatable bonds is 9. The number of nitrogens with zero attached hydrogens (tertiary/aromatic N) is 1. The average molecular weight is 497 g/mol. The second-order valence-corrected chi connectivity index (χ2v) is 9.69. The summed E-state index contributed by atoms with van der Waals surface area (Å²) in [5.41, 5.74) is 2.66. The van der Waals surface area contributed by atoms with E-state index in [1.165, 1.54) is 19.2 Å². The Kier molecular flexibility index (Phi) is 8.14. The van der Waals surface area contributed by atoms with Crippen molar-refractivity contribution in [1.82, 2.24) is 0 Å². The number of ether oxygens (including phenoxy) is 2. The van der Waals surface area contributed by atoms with Crippen molar-refractivity contribution in [3.05, 3.63) is 83.4 Å². The molecule has 0 heterocycles. The molecule has 3 aromatic carbocycles. The summed E-state index contributed by atoms with van der Waals surface area (Å²) in [6.45, 7) is 5.10. The number of hydrogen-bond acceptors (Lipinski definition) is 6. The monoisotopic (exact) mass is 496 g/mol. The molecule has 3 rings (SSSR count). The molecule has 9 heteroatoms. The van der Waals surface area contributed by atoms with Crippen LogP contribution in [0.2, 0.25) is 0 Å². The molecule has 3 aromatic rings. The number of benzene rings is 3. The van der Waals surface area contributed by atoms with Crippen LogP contribution in [0.5, 0.6) is 5.75 Å². The molecule has 35 heavy (non-hydrogen) atoms. The van der Waals surface area contributed by atoms with E-state index >= 15 is 0 Å². The minimum Gasteiger partial charge on any atom is -0.497 e. The number of carbonyl (C=O) groups excluding carboxylic acids is 2. The molecule has 0 aromatic heterocycles. The van der Waals surface area contributed by atoms with Gasteiger partial charge in [0, 0.05) is 11.8 Å². The topological polar surface area (TPSA) is 102 Å². The van der Waals surface area contributed by atoms with Crippen molar-refractivity contribution in [3.8, 4) is 5.75 Å². The Bertz CT molecular complexity index is 1320. The summed E-state index contributed by atoms with van der Waals surface area (Å²) in [6, 6.07) is 17.7. The molecular weight excluding hydrogens is 468 g/mol. The van der Waals surface area contributed by atoms with Crippen molar-refractivity contribution in [2.24, 2.45) is 0 Å². The van der Waals surface area contributed by atoms with Crippen LogP contribution in [-0.4, -0.2) is 40.6 Å². The number of amides is 1. The van der Waals surface area contributed by atoms with Gasteiger partial charge in [-0.25, -0.2) is 13.2 Å². The minimum atomic E-state index is -4.06. The van der Waals surface area contributed by atoms with Gasteiger partial charge in [0.2, 0.25) is 5.91 Å². The van der Waals surface area contributed by atoms with Crippen molar-refractivity contribution in [3.63, 3.8) is 0 Å². The van der Waals surface area contributed by atoms with Crippen molar-refractivity contribution in [2.75, 3.05) is 29.9 Å². The molecule has 0 saturated heterocycles. The van der Waals surface area contributed by atoms with E-state index in [9.17, 15) is 18.0 Å². The lowest BCUT2D eigenvalue weighted by Crippen LogP contribution is -2.38. The molecule has 0 atom stereocenters. The van der Waals surface area contributed by atoms with Crippen molar-refractivity contribution in [1.29, 1.82) is 0 Å². The number of nitrogens with one attached hydrogen (secondary N) is 1. The lowest BCUT2D eigenvalue weighted by atomic mass is 10.1. The van der Waals surface area contributed by atoms with Crippen molar-refractivity contribution < 1.29 is 27.5 Å². The summed E-state index contributed by atoms with van der Waals surface area (Å²) in [6.07, 6.45) is 0. The van der Waals surface area contributed by atoms with Gasteiger partial charge in [-0.15, -0.1) is 0 Å². The van der Waals surface area contributed by atoms with Gasteiger partial charge in [-0.3, -0.25) is 9.10 Å². The molecule has 0 unspecified atom stereocenters. The third kappa shape index (κ3) is 6.19. The fraction of sp³-hybridized carbons (Fsp3) is 0.231. The molecule has 0 aliphatic heterocycles. The SMILES string of the molecule is CCOC(=O)c1ccc(NC(=O)CN(c2cccc(OC)c2)S(=O)(=O)c2ccc(C)cc2)c(C)c1. The standard InChI is InChI=1S/C26H28N2O6S/c1-5-34-26(30)20-11-14-24(19(3)15-20)27-25(29)17-28(21-7-6-8-22(16-21)33-4)35(31,32)23-12-9-18(2)10-13-23/h6-16H,5,17H2,1-4H3,(H,27,29). The lowest BCUT2D eigenvalue weighted by molar-refractivity contribution is -0.114. The lowest BCUT2D eigenvalue weighted by Gasteiger charge is -2.24. The number of esters is 1. The van der Waals surface area contributed by atoms with E-state index in [2.05, 4.69) is 5.32 Å². The largest absolute Gasteiger partial charge is 0.497 e. The van der Waals surface area contributed by atoms with E-state index < -0.39 is 28.4 Å². The van der Waals surface area contributed by atoms with Crippen LogP contribution in [-0.2, 0) is 19.6 Å². The normalized spacial score (nSPS) is 11.0. The van der Waals surface area contributed by atoms with E-state index in [0.29, 0.717) is 22.6 Å². The number of methoxy groups -OCH3 is 1. The van der Waals surface area contributed by atoms with Crippen LogP contribution in [0.1, 0.15) is 28.4 Å². The fourth-order valence-corrected chi connectivity index (χ4v) is 4.80. The molecule has 184 valence electrons. The zero-order valence-electron chi connectivity index (χ0n) is 20.1. The van der Waals surface area contributed by atoms with Crippen molar-refractivity contribution >= 4 is 33.3 Å². The van der Waals surface area contributed by atoms with E-state index in [-0.39, 0.29) is 17.2 Å². The summed E-state index contributed by atoms with van der Waals surface area (Å²) in [4.78, 5) is 25.0. The Balaban J connectivity index is 1.91. The van der Waals surface area contributed by atoms with Gasteiger partial charge in [0.15, 0.2) is 0 Å². The molecular formula is C26H28N2O6S. The third-order valence-electron chi connectivity index (χ3n) is 5.25. The van der Waals surface area contributed by atoms with Gasteiger partial charge in [-0.1, -0.05) is 23.8 Å². The highest BCUT2D eigenvalue weighted by molar-refractivity contribution is 7.92. The number of hydrogen-bond donors (Lipinski definition) is 1. The Hall–Kier alpha value is -3.85. The van der Waals surface area contributed by atoms with Gasteiger partial charge in [0.1, 0.15) is 12.3 Å². The van der Waals surface area contributed by atoms with Crippen molar-refractivity contribution in [2.45, 2.75) is 25.7 Å². The first-order valence-electron chi connectivity index (χ1n) is 11.0. The highest BCUT2D eigenvalue weighted by Crippen LogP contribution is 2.27. The predicted molar refractivity (Wildman–Crippen MR) is 134 cm³/mol. The number of sulfonamides is 1. The van der Waals surface area contributed by atoms with Crippen LogP contribution in [0.15, 0.2) is 71.6 Å². The van der Waals surface area contributed by atoms with Gasteiger partial charge in [0.25, 0.3) is 10.0 Å². The maximum atomic E-state index is 13.5. The van der Waals surface area contributed by atoms with Crippen LogP contribution in [0.3, 0.4) is 0 Å². The summed E-state index contributed by atoms with van der Waals surface area (Å²) in [7, 11) is -2.58. The second kappa shape index (κ2) is 11.1. The summed E-state index contributed by atoms with van der Waals surface area (Å²) >= 11 is 0. The van der Waals surface area contributed by atoms with E-state index in [0.717, 1.165) is 9.87 Å². The quantitative estimate of drug-likeness (QED) is 0.443. The fourth-order valence-electron chi connectivity index (χ4n) is 3.38. The zero-order valence-corrected chi connectivity index (χ0v) is 20.9. The second-order valence-electron chi connectivity index (χ2n) is 7.82. The highest BCUT2D eigenvalue weighted by Gasteiger charge is 2.28. The van der Waals surface area contributed by atoms with Crippen LogP contribution in [0.4, 0.5) is 11.4 Å². The van der Waals surface area contributed by atoms with Gasteiger partial charge in [-0.2, -0.15) is 0 Å². The Morgan fingerprint density at radius 2 is 1.69 bits per heavy atom. The Morgan fingerprint density at radius 1 is 0.971 bits per heavy atom. The van der Waals surface area contributed by atoms with Gasteiger partial charge in [0.05, 0.1) is 29.9 Å².